The normalized spacial score (nSPS) is 18.6. The summed E-state index contributed by atoms with van der Waals surface area (Å²) in [5, 5.41) is 3.33. The molecular formula is C13H18N2O2S. The van der Waals surface area contributed by atoms with Gasteiger partial charge in [-0.15, -0.1) is 0 Å². The molecule has 1 aromatic carbocycles. The fourth-order valence-electron chi connectivity index (χ4n) is 1.95. The predicted molar refractivity (Wildman–Crippen MR) is 76.1 cm³/mol. The van der Waals surface area contributed by atoms with Crippen molar-refractivity contribution < 1.29 is 9.53 Å². The molecule has 0 spiro atoms. The molecule has 1 aromatic rings. The molecule has 4 nitrogen and oxygen atoms in total. The Kier molecular flexibility index (Phi) is 4.36. The van der Waals surface area contributed by atoms with Gasteiger partial charge in [-0.25, -0.2) is 4.79 Å². The highest BCUT2D eigenvalue weighted by atomic mass is 32.2. The Morgan fingerprint density at radius 3 is 3.11 bits per heavy atom. The summed E-state index contributed by atoms with van der Waals surface area (Å²) in [5.41, 5.74) is 7.89. The fraction of sp³-hybridized carbons (Fsp3) is 0.462. The van der Waals surface area contributed by atoms with Gasteiger partial charge >= 0.3 is 5.97 Å². The largest absolute Gasteiger partial charge is 0.465 e. The zero-order valence-corrected chi connectivity index (χ0v) is 11.3. The van der Waals surface area contributed by atoms with Crippen LogP contribution >= 0.6 is 11.8 Å². The minimum absolute atomic E-state index is 0.338. The molecule has 1 saturated heterocycles. The van der Waals surface area contributed by atoms with Crippen molar-refractivity contribution in [3.63, 3.8) is 0 Å². The lowest BCUT2D eigenvalue weighted by atomic mass is 10.1. The highest BCUT2D eigenvalue weighted by Crippen LogP contribution is 2.25. The van der Waals surface area contributed by atoms with Crippen LogP contribution in [0.5, 0.6) is 0 Å². The third-order valence-corrected chi connectivity index (χ3v) is 4.31. The van der Waals surface area contributed by atoms with E-state index in [0.717, 1.165) is 12.2 Å². The summed E-state index contributed by atoms with van der Waals surface area (Å²) in [7, 11) is 1.38. The van der Waals surface area contributed by atoms with Gasteiger partial charge in [0.05, 0.1) is 24.0 Å². The number of anilines is 2. The number of nitrogen functional groups attached to an aromatic ring is 1. The number of nitrogens with one attached hydrogen (secondary N) is 1. The number of hydrogen-bond acceptors (Lipinski definition) is 5. The van der Waals surface area contributed by atoms with Crippen molar-refractivity contribution in [2.75, 3.05) is 36.2 Å². The van der Waals surface area contributed by atoms with E-state index in [0.29, 0.717) is 17.2 Å². The summed E-state index contributed by atoms with van der Waals surface area (Å²) in [6.45, 7) is 0.905. The molecule has 1 heterocycles. The van der Waals surface area contributed by atoms with E-state index in [2.05, 4.69) is 5.32 Å². The van der Waals surface area contributed by atoms with Crippen LogP contribution in [0, 0.1) is 5.92 Å². The van der Waals surface area contributed by atoms with E-state index in [1.807, 2.05) is 11.8 Å². The van der Waals surface area contributed by atoms with Crippen LogP contribution in [0.25, 0.3) is 0 Å². The molecule has 0 amide bonds. The van der Waals surface area contributed by atoms with Gasteiger partial charge in [-0.1, -0.05) is 0 Å². The van der Waals surface area contributed by atoms with E-state index in [-0.39, 0.29) is 5.97 Å². The van der Waals surface area contributed by atoms with Crippen LogP contribution < -0.4 is 11.1 Å². The second-order valence-corrected chi connectivity index (χ2v) is 5.55. The third-order valence-electron chi connectivity index (χ3n) is 3.08. The summed E-state index contributed by atoms with van der Waals surface area (Å²) in [5.74, 6) is 2.79. The van der Waals surface area contributed by atoms with Crippen molar-refractivity contribution in [1.29, 1.82) is 0 Å². The maximum Gasteiger partial charge on any atom is 0.337 e. The minimum Gasteiger partial charge on any atom is -0.465 e. The first-order chi connectivity index (χ1) is 8.70. The maximum absolute atomic E-state index is 11.4. The molecule has 0 saturated carbocycles. The standard InChI is InChI=1S/C13H18N2O2S/c1-17-13(16)10-2-3-11(14)12(6-10)15-7-9-4-5-18-8-9/h2-3,6,9,15H,4-5,7-8,14H2,1H3. The van der Waals surface area contributed by atoms with E-state index in [1.54, 1.807) is 18.2 Å². The van der Waals surface area contributed by atoms with Crippen LogP contribution in [0.15, 0.2) is 18.2 Å². The van der Waals surface area contributed by atoms with Crippen molar-refractivity contribution >= 4 is 29.1 Å². The molecule has 0 radical (unpaired) electrons. The average Bonchev–Trinajstić information content (AvgIpc) is 2.90. The molecule has 1 atom stereocenters. The van der Waals surface area contributed by atoms with Crippen LogP contribution in [0.2, 0.25) is 0 Å². The molecule has 1 fully saturated rings. The number of benzene rings is 1. The summed E-state index contributed by atoms with van der Waals surface area (Å²) in [4.78, 5) is 11.4. The molecule has 1 aliphatic rings. The lowest BCUT2D eigenvalue weighted by Gasteiger charge is -2.14. The number of nitrogens with two attached hydrogens (primary N) is 1. The van der Waals surface area contributed by atoms with Crippen molar-refractivity contribution in [3.05, 3.63) is 23.8 Å². The first-order valence-corrected chi connectivity index (χ1v) is 7.15. The zero-order valence-electron chi connectivity index (χ0n) is 10.4. The van der Waals surface area contributed by atoms with Gasteiger partial charge in [0.1, 0.15) is 0 Å². The van der Waals surface area contributed by atoms with Gasteiger partial charge in [-0.05, 0) is 42.0 Å². The van der Waals surface area contributed by atoms with Gasteiger partial charge in [0.25, 0.3) is 0 Å². The monoisotopic (exact) mass is 266 g/mol. The van der Waals surface area contributed by atoms with Crippen LogP contribution in [0.3, 0.4) is 0 Å². The first kappa shape index (κ1) is 13.1. The van der Waals surface area contributed by atoms with E-state index >= 15 is 0 Å². The molecule has 98 valence electrons. The molecule has 18 heavy (non-hydrogen) atoms. The molecule has 1 unspecified atom stereocenters. The molecule has 0 bridgehead atoms. The number of hydrogen-bond donors (Lipinski definition) is 2. The van der Waals surface area contributed by atoms with Gasteiger partial charge < -0.3 is 15.8 Å². The minimum atomic E-state index is -0.338. The second-order valence-electron chi connectivity index (χ2n) is 4.40. The number of carbonyl (C=O) groups is 1. The topological polar surface area (TPSA) is 64.3 Å². The van der Waals surface area contributed by atoms with E-state index in [4.69, 9.17) is 10.5 Å². The number of methoxy groups -OCH3 is 1. The Balaban J connectivity index is 2.03. The number of thioether (sulfide) groups is 1. The molecule has 5 heteroatoms. The molecule has 2 rings (SSSR count). The lowest BCUT2D eigenvalue weighted by Crippen LogP contribution is -2.15. The Labute approximate surface area is 111 Å². The molecule has 0 aliphatic carbocycles. The van der Waals surface area contributed by atoms with Crippen molar-refractivity contribution in [2.24, 2.45) is 5.92 Å². The number of ether oxygens (including phenoxy) is 1. The van der Waals surface area contributed by atoms with Crippen molar-refractivity contribution in [2.45, 2.75) is 6.42 Å². The smallest absolute Gasteiger partial charge is 0.337 e. The summed E-state index contributed by atoms with van der Waals surface area (Å²) in [6, 6.07) is 5.17. The molecule has 1 aliphatic heterocycles. The third kappa shape index (κ3) is 3.10. The Hall–Kier alpha value is -1.36. The van der Waals surface area contributed by atoms with Crippen LogP contribution in [0.1, 0.15) is 16.8 Å². The number of esters is 1. The van der Waals surface area contributed by atoms with Gasteiger partial charge in [0, 0.05) is 6.54 Å². The maximum atomic E-state index is 11.4. The highest BCUT2D eigenvalue weighted by Gasteiger charge is 2.16. The van der Waals surface area contributed by atoms with Gasteiger partial charge in [0.2, 0.25) is 0 Å². The SMILES string of the molecule is COC(=O)c1ccc(N)c(NCC2CCSC2)c1. The molecular weight excluding hydrogens is 248 g/mol. The van der Waals surface area contributed by atoms with Crippen LogP contribution in [0.4, 0.5) is 11.4 Å². The summed E-state index contributed by atoms with van der Waals surface area (Å²) >= 11 is 1.99. The van der Waals surface area contributed by atoms with Gasteiger partial charge in [-0.2, -0.15) is 11.8 Å². The van der Waals surface area contributed by atoms with Crippen molar-refractivity contribution in [1.82, 2.24) is 0 Å². The molecule has 3 N–H and O–H groups in total. The summed E-state index contributed by atoms with van der Waals surface area (Å²) in [6.07, 6.45) is 1.24. The van der Waals surface area contributed by atoms with E-state index < -0.39 is 0 Å². The Morgan fingerprint density at radius 1 is 1.61 bits per heavy atom. The summed E-state index contributed by atoms with van der Waals surface area (Å²) < 4.78 is 4.70. The Morgan fingerprint density at radius 2 is 2.44 bits per heavy atom. The number of carbonyl (C=O) groups excluding carboxylic acids is 1. The van der Waals surface area contributed by atoms with Crippen molar-refractivity contribution in [3.8, 4) is 0 Å². The number of rotatable bonds is 4. The highest BCUT2D eigenvalue weighted by molar-refractivity contribution is 7.99. The van der Waals surface area contributed by atoms with Crippen LogP contribution in [-0.4, -0.2) is 31.1 Å². The quantitative estimate of drug-likeness (QED) is 0.646. The van der Waals surface area contributed by atoms with Crippen LogP contribution in [-0.2, 0) is 4.74 Å². The second kappa shape index (κ2) is 6.00. The average molecular weight is 266 g/mol. The molecule has 0 aromatic heterocycles. The Bertz CT molecular complexity index is 431. The fourth-order valence-corrected chi connectivity index (χ4v) is 3.24. The van der Waals surface area contributed by atoms with E-state index in [9.17, 15) is 4.79 Å². The van der Waals surface area contributed by atoms with Gasteiger partial charge in [-0.3, -0.25) is 0 Å². The zero-order chi connectivity index (χ0) is 13.0. The first-order valence-electron chi connectivity index (χ1n) is 6.00. The van der Waals surface area contributed by atoms with Gasteiger partial charge in [0.15, 0.2) is 0 Å². The lowest BCUT2D eigenvalue weighted by molar-refractivity contribution is 0.0601. The van der Waals surface area contributed by atoms with E-state index in [1.165, 1.54) is 25.0 Å². The predicted octanol–water partition coefficient (Wildman–Crippen LogP) is 2.22.